The zero-order chi connectivity index (χ0) is 31.1. The van der Waals surface area contributed by atoms with Crippen molar-refractivity contribution in [2.45, 2.75) is 13.8 Å². The molecule has 3 N–H and O–H groups in total. The number of nitrogens with zero attached hydrogens (tertiary/aromatic N) is 2. The van der Waals surface area contributed by atoms with Crippen LogP contribution in [0, 0.1) is 13.8 Å². The van der Waals surface area contributed by atoms with E-state index in [1.807, 2.05) is 80.6 Å². The number of hydrogen-bond acceptors (Lipinski definition) is 7. The number of benzene rings is 3. The molecule has 218 valence electrons. The summed E-state index contributed by atoms with van der Waals surface area (Å²) in [6.45, 7) is 3.98. The van der Waals surface area contributed by atoms with Crippen LogP contribution < -0.4 is 16.2 Å². The van der Waals surface area contributed by atoms with Gasteiger partial charge in [-0.2, -0.15) is 0 Å². The van der Waals surface area contributed by atoms with Crippen LogP contribution in [0.15, 0.2) is 114 Å². The Labute approximate surface area is 258 Å². The van der Waals surface area contributed by atoms with Crippen molar-refractivity contribution in [3.8, 4) is 22.5 Å². The highest BCUT2D eigenvalue weighted by atomic mass is 16.1. The number of hydrogen-bond donors (Lipinski definition) is 3. The van der Waals surface area contributed by atoms with Crippen LogP contribution in [0.25, 0.3) is 22.5 Å². The van der Waals surface area contributed by atoms with Gasteiger partial charge in [-0.05, 0) is 61.9 Å². The molecule has 0 atom stereocenters. The molecule has 0 saturated carbocycles. The van der Waals surface area contributed by atoms with Gasteiger partial charge < -0.3 is 15.6 Å². The first-order valence-corrected chi connectivity index (χ1v) is 14.5. The van der Waals surface area contributed by atoms with E-state index in [2.05, 4.69) is 20.6 Å². The Morgan fingerprint density at radius 2 is 1.29 bits per heavy atom. The maximum Gasteiger partial charge on any atom is 0.256 e. The largest absolute Gasteiger partial charge is 0.352 e. The molecule has 6 aromatic rings. The summed E-state index contributed by atoms with van der Waals surface area (Å²) < 4.78 is 0. The molecule has 0 aliphatic heterocycles. The van der Waals surface area contributed by atoms with Gasteiger partial charge in [-0.25, -0.2) is 4.98 Å². The lowest BCUT2D eigenvalue weighted by molar-refractivity contribution is 0.0976. The van der Waals surface area contributed by atoms with E-state index in [1.165, 1.54) is 6.07 Å². The van der Waals surface area contributed by atoms with Gasteiger partial charge >= 0.3 is 0 Å². The number of aromatic amines is 1. The summed E-state index contributed by atoms with van der Waals surface area (Å²) in [6.07, 6.45) is 1.61. The SMILES string of the molecule is Cc1ccc(Nc2nc(-c3ccccn3)c3c(c2Nc2ccc(C)cc2)C(=O)c2[nH]c(=O)c(-c4ccccc4)cc2C3=O)cc1. The minimum absolute atomic E-state index is 0.0661. The van der Waals surface area contributed by atoms with Gasteiger partial charge in [-0.15, -0.1) is 0 Å². The highest BCUT2D eigenvalue weighted by molar-refractivity contribution is 6.32. The van der Waals surface area contributed by atoms with Crippen molar-refractivity contribution in [2.75, 3.05) is 10.6 Å². The van der Waals surface area contributed by atoms with Crippen molar-refractivity contribution < 1.29 is 9.59 Å². The number of aryl methyl sites for hydroxylation is 2. The van der Waals surface area contributed by atoms with Crippen LogP contribution in [-0.4, -0.2) is 26.5 Å². The molecular weight excluding hydrogens is 562 g/mol. The van der Waals surface area contributed by atoms with Crippen LogP contribution in [-0.2, 0) is 0 Å². The number of nitrogens with one attached hydrogen (secondary N) is 3. The van der Waals surface area contributed by atoms with Gasteiger partial charge in [0.25, 0.3) is 5.56 Å². The fraction of sp³-hybridized carbons (Fsp3) is 0.0541. The normalized spacial score (nSPS) is 12.0. The Kier molecular flexibility index (Phi) is 6.86. The molecule has 3 aromatic carbocycles. The molecule has 3 heterocycles. The van der Waals surface area contributed by atoms with Gasteiger partial charge in [0.05, 0.1) is 28.1 Å². The van der Waals surface area contributed by atoms with E-state index in [0.717, 1.165) is 16.8 Å². The minimum atomic E-state index is -0.502. The van der Waals surface area contributed by atoms with E-state index in [-0.39, 0.29) is 28.1 Å². The Hall–Kier alpha value is -6.15. The van der Waals surface area contributed by atoms with Gasteiger partial charge in [0, 0.05) is 23.1 Å². The predicted octanol–water partition coefficient (Wildman–Crippen LogP) is 7.38. The smallest absolute Gasteiger partial charge is 0.256 e. The van der Waals surface area contributed by atoms with Crippen LogP contribution >= 0.6 is 0 Å². The zero-order valence-corrected chi connectivity index (χ0v) is 24.5. The van der Waals surface area contributed by atoms with Crippen molar-refractivity contribution in [2.24, 2.45) is 0 Å². The summed E-state index contributed by atoms with van der Waals surface area (Å²) in [5.41, 5.74) is 5.29. The summed E-state index contributed by atoms with van der Waals surface area (Å²) in [6, 6.07) is 31.3. The number of carbonyl (C=O) groups is 2. The molecule has 0 fully saturated rings. The third-order valence-corrected chi connectivity index (χ3v) is 7.79. The monoisotopic (exact) mass is 589 g/mol. The molecule has 0 amide bonds. The predicted molar refractivity (Wildman–Crippen MR) is 176 cm³/mol. The second kappa shape index (κ2) is 11.2. The molecule has 0 spiro atoms. The number of aromatic nitrogens is 3. The number of H-pyrrole nitrogens is 1. The average Bonchev–Trinajstić information content (AvgIpc) is 3.06. The number of ketones is 2. The Morgan fingerprint density at radius 3 is 1.93 bits per heavy atom. The number of fused-ring (bicyclic) bond motifs is 2. The maximum atomic E-state index is 14.5. The van der Waals surface area contributed by atoms with Gasteiger partial charge in [0.15, 0.2) is 11.6 Å². The zero-order valence-electron chi connectivity index (χ0n) is 24.5. The fourth-order valence-corrected chi connectivity index (χ4v) is 5.47. The first-order chi connectivity index (χ1) is 21.9. The summed E-state index contributed by atoms with van der Waals surface area (Å²) in [7, 11) is 0. The number of rotatable bonds is 6. The van der Waals surface area contributed by atoms with E-state index in [1.54, 1.807) is 36.5 Å². The maximum absolute atomic E-state index is 14.5. The standard InChI is InChI=1S/C37H27N5O3/c1-21-11-15-24(16-12-21)39-33-30-29(32(28-10-6-7-19-38-28)41-36(33)40-25-17-13-22(2)14-18-25)34(43)27-20-26(23-8-4-3-5-9-23)37(45)42-31(27)35(30)44/h3-20,39H,1-2H3,(H,40,41)(H,42,45). The van der Waals surface area contributed by atoms with Crippen molar-refractivity contribution in [1.29, 1.82) is 0 Å². The quantitative estimate of drug-likeness (QED) is 0.185. The second-order valence-corrected chi connectivity index (χ2v) is 11.0. The minimum Gasteiger partial charge on any atom is -0.352 e. The van der Waals surface area contributed by atoms with E-state index in [4.69, 9.17) is 4.98 Å². The Balaban J connectivity index is 1.50. The van der Waals surface area contributed by atoms with Crippen LogP contribution in [0.2, 0.25) is 0 Å². The third kappa shape index (κ3) is 5.08. The highest BCUT2D eigenvalue weighted by Gasteiger charge is 2.38. The van der Waals surface area contributed by atoms with Crippen LogP contribution in [0.5, 0.6) is 0 Å². The lowest BCUT2D eigenvalue weighted by Crippen LogP contribution is -2.29. The lowest BCUT2D eigenvalue weighted by atomic mass is 9.83. The van der Waals surface area contributed by atoms with Gasteiger partial charge in [-0.1, -0.05) is 71.8 Å². The molecule has 7 rings (SSSR count). The van der Waals surface area contributed by atoms with Crippen molar-refractivity contribution in [3.05, 3.63) is 153 Å². The molecule has 0 radical (unpaired) electrons. The molecule has 3 aromatic heterocycles. The first-order valence-electron chi connectivity index (χ1n) is 14.5. The average molecular weight is 590 g/mol. The summed E-state index contributed by atoms with van der Waals surface area (Å²) in [5, 5.41) is 6.72. The molecule has 0 bridgehead atoms. The van der Waals surface area contributed by atoms with E-state index < -0.39 is 17.1 Å². The third-order valence-electron chi connectivity index (χ3n) is 7.79. The van der Waals surface area contributed by atoms with Crippen molar-refractivity contribution in [3.63, 3.8) is 0 Å². The molecule has 8 nitrogen and oxygen atoms in total. The Bertz CT molecular complexity index is 2160. The summed E-state index contributed by atoms with van der Waals surface area (Å²) in [4.78, 5) is 54.5. The summed E-state index contributed by atoms with van der Waals surface area (Å²) >= 11 is 0. The van der Waals surface area contributed by atoms with Gasteiger partial charge in [-0.3, -0.25) is 19.4 Å². The molecule has 0 saturated heterocycles. The fourth-order valence-electron chi connectivity index (χ4n) is 5.47. The summed E-state index contributed by atoms with van der Waals surface area (Å²) in [5.74, 6) is -0.612. The van der Waals surface area contributed by atoms with Crippen molar-refractivity contribution in [1.82, 2.24) is 15.0 Å². The van der Waals surface area contributed by atoms with Crippen molar-refractivity contribution >= 4 is 34.4 Å². The molecule has 45 heavy (non-hydrogen) atoms. The van der Waals surface area contributed by atoms with Gasteiger partial charge in [0.2, 0.25) is 5.78 Å². The lowest BCUT2D eigenvalue weighted by Gasteiger charge is -2.25. The second-order valence-electron chi connectivity index (χ2n) is 11.0. The molecule has 8 heteroatoms. The van der Waals surface area contributed by atoms with E-state index >= 15 is 0 Å². The molecule has 0 unspecified atom stereocenters. The topological polar surface area (TPSA) is 117 Å². The number of anilines is 4. The number of carbonyl (C=O) groups excluding carboxylic acids is 2. The van der Waals surface area contributed by atoms with Crippen LogP contribution in [0.4, 0.5) is 22.9 Å². The Morgan fingerprint density at radius 1 is 0.644 bits per heavy atom. The van der Waals surface area contributed by atoms with E-state index in [0.29, 0.717) is 34.0 Å². The van der Waals surface area contributed by atoms with Gasteiger partial charge in [0.1, 0.15) is 11.4 Å². The van der Waals surface area contributed by atoms with E-state index in [9.17, 15) is 14.4 Å². The number of pyridine rings is 3. The van der Waals surface area contributed by atoms with Crippen LogP contribution in [0.3, 0.4) is 0 Å². The molecular formula is C37H27N5O3. The van der Waals surface area contributed by atoms with Crippen LogP contribution in [0.1, 0.15) is 43.1 Å². The first kappa shape index (κ1) is 27.7. The highest BCUT2D eigenvalue weighted by Crippen LogP contribution is 2.42. The molecule has 1 aliphatic carbocycles. The molecule has 1 aliphatic rings.